The molecule has 0 atom stereocenters. The van der Waals surface area contributed by atoms with Crippen molar-refractivity contribution in [2.45, 2.75) is 6.92 Å². The number of esters is 2. The van der Waals surface area contributed by atoms with Gasteiger partial charge in [0.25, 0.3) is 0 Å². The Labute approximate surface area is 90.9 Å². The summed E-state index contributed by atoms with van der Waals surface area (Å²) >= 11 is 5.65. The molecule has 1 aromatic rings. The van der Waals surface area contributed by atoms with E-state index in [0.717, 1.165) is 0 Å². The summed E-state index contributed by atoms with van der Waals surface area (Å²) in [5, 5.41) is -0.181. The van der Waals surface area contributed by atoms with Gasteiger partial charge < -0.3 is 13.9 Å². The fraction of sp³-hybridized carbons (Fsp3) is 0.333. The van der Waals surface area contributed by atoms with Crippen molar-refractivity contribution in [3.05, 3.63) is 22.1 Å². The van der Waals surface area contributed by atoms with E-state index in [4.69, 9.17) is 16.0 Å². The number of rotatable bonds is 2. The van der Waals surface area contributed by atoms with Gasteiger partial charge >= 0.3 is 11.9 Å². The van der Waals surface area contributed by atoms with Crippen molar-refractivity contribution >= 4 is 23.5 Å². The van der Waals surface area contributed by atoms with Gasteiger partial charge in [-0.05, 0) is 18.5 Å². The third-order valence-electron chi connectivity index (χ3n) is 1.82. The summed E-state index contributed by atoms with van der Waals surface area (Å²) in [5.74, 6) is -1.21. The zero-order valence-electron chi connectivity index (χ0n) is 8.42. The molecule has 0 saturated carbocycles. The van der Waals surface area contributed by atoms with E-state index in [9.17, 15) is 9.59 Å². The van der Waals surface area contributed by atoms with Gasteiger partial charge in [-0.3, -0.25) is 0 Å². The van der Waals surface area contributed by atoms with Crippen LogP contribution in [0.1, 0.15) is 26.5 Å². The topological polar surface area (TPSA) is 65.7 Å². The number of carbonyl (C=O) groups excluding carboxylic acids is 2. The van der Waals surface area contributed by atoms with Crippen LogP contribution in [0, 0.1) is 6.92 Å². The zero-order chi connectivity index (χ0) is 11.6. The second kappa shape index (κ2) is 4.35. The molecule has 0 aromatic carbocycles. The molecule has 0 spiro atoms. The van der Waals surface area contributed by atoms with Crippen LogP contribution in [0.25, 0.3) is 0 Å². The summed E-state index contributed by atoms with van der Waals surface area (Å²) in [6.07, 6.45) is 0. The summed E-state index contributed by atoms with van der Waals surface area (Å²) < 4.78 is 13.9. The third kappa shape index (κ3) is 1.97. The normalized spacial score (nSPS) is 9.87. The van der Waals surface area contributed by atoms with Gasteiger partial charge in [-0.25, -0.2) is 9.59 Å². The SMILES string of the molecule is COC(=O)c1c(C)oc(Cl)c1C(=O)OC. The van der Waals surface area contributed by atoms with E-state index in [2.05, 4.69) is 9.47 Å². The number of halogens is 1. The van der Waals surface area contributed by atoms with Gasteiger partial charge in [0.05, 0.1) is 14.2 Å². The van der Waals surface area contributed by atoms with E-state index in [1.807, 2.05) is 0 Å². The van der Waals surface area contributed by atoms with Crippen LogP contribution in [0.5, 0.6) is 0 Å². The van der Waals surface area contributed by atoms with E-state index in [1.54, 1.807) is 0 Å². The molecule has 0 bridgehead atoms. The van der Waals surface area contributed by atoms with Crippen LogP contribution in [0.15, 0.2) is 4.42 Å². The number of hydrogen-bond donors (Lipinski definition) is 0. The van der Waals surface area contributed by atoms with E-state index in [-0.39, 0.29) is 22.1 Å². The number of furan rings is 1. The fourth-order valence-corrected chi connectivity index (χ4v) is 1.43. The molecule has 0 amide bonds. The van der Waals surface area contributed by atoms with E-state index in [1.165, 1.54) is 21.1 Å². The Morgan fingerprint density at radius 1 is 1.13 bits per heavy atom. The molecule has 0 unspecified atom stereocenters. The molecule has 1 heterocycles. The monoisotopic (exact) mass is 232 g/mol. The highest BCUT2D eigenvalue weighted by atomic mass is 35.5. The van der Waals surface area contributed by atoms with Gasteiger partial charge in [-0.2, -0.15) is 0 Å². The maximum absolute atomic E-state index is 11.3. The van der Waals surface area contributed by atoms with E-state index in [0.29, 0.717) is 0 Å². The minimum atomic E-state index is -0.739. The summed E-state index contributed by atoms with van der Waals surface area (Å²) in [6.45, 7) is 1.50. The molecule has 5 nitrogen and oxygen atoms in total. The van der Waals surface area contributed by atoms with Gasteiger partial charge in [-0.1, -0.05) is 0 Å². The van der Waals surface area contributed by atoms with Crippen LogP contribution in [0.3, 0.4) is 0 Å². The number of hydrogen-bond acceptors (Lipinski definition) is 5. The highest BCUT2D eigenvalue weighted by Crippen LogP contribution is 2.27. The molecule has 0 aliphatic heterocycles. The van der Waals surface area contributed by atoms with Crippen molar-refractivity contribution in [3.63, 3.8) is 0 Å². The standard InChI is InChI=1S/C9H9ClO5/c1-4-5(8(11)13-2)6(7(10)15-4)9(12)14-3/h1-3H3. The Morgan fingerprint density at radius 2 is 1.60 bits per heavy atom. The van der Waals surface area contributed by atoms with Crippen LogP contribution in [-0.2, 0) is 9.47 Å². The molecule has 0 N–H and O–H groups in total. The van der Waals surface area contributed by atoms with E-state index < -0.39 is 11.9 Å². The first-order valence-corrected chi connectivity index (χ1v) is 4.36. The Bertz CT molecular complexity index is 370. The molecule has 1 aromatic heterocycles. The van der Waals surface area contributed by atoms with Crippen LogP contribution < -0.4 is 0 Å². The molecule has 0 fully saturated rings. The lowest BCUT2D eigenvalue weighted by Gasteiger charge is -2.00. The lowest BCUT2D eigenvalue weighted by molar-refractivity contribution is 0.0556. The lowest BCUT2D eigenvalue weighted by Crippen LogP contribution is -2.10. The molecular formula is C9H9ClO5. The number of aryl methyl sites for hydroxylation is 1. The van der Waals surface area contributed by atoms with Gasteiger partial charge in [0.15, 0.2) is 0 Å². The summed E-state index contributed by atoms with van der Waals surface area (Å²) in [6, 6.07) is 0. The Hall–Kier alpha value is -1.49. The van der Waals surface area contributed by atoms with Crippen LogP contribution in [0.4, 0.5) is 0 Å². The van der Waals surface area contributed by atoms with Crippen molar-refractivity contribution in [1.82, 2.24) is 0 Å². The van der Waals surface area contributed by atoms with Gasteiger partial charge in [0.2, 0.25) is 5.22 Å². The van der Waals surface area contributed by atoms with Crippen molar-refractivity contribution in [1.29, 1.82) is 0 Å². The Morgan fingerprint density at radius 3 is 2.07 bits per heavy atom. The first kappa shape index (κ1) is 11.6. The molecule has 0 aliphatic rings. The van der Waals surface area contributed by atoms with Gasteiger partial charge in [0, 0.05) is 0 Å². The lowest BCUT2D eigenvalue weighted by atomic mass is 10.1. The highest BCUT2D eigenvalue weighted by Gasteiger charge is 2.28. The maximum atomic E-state index is 11.3. The Kier molecular flexibility index (Phi) is 3.36. The molecule has 6 heteroatoms. The summed E-state index contributed by atoms with van der Waals surface area (Å²) in [7, 11) is 2.38. The molecule has 15 heavy (non-hydrogen) atoms. The quantitative estimate of drug-likeness (QED) is 0.728. The van der Waals surface area contributed by atoms with Gasteiger partial charge in [-0.15, -0.1) is 0 Å². The second-order valence-electron chi connectivity index (χ2n) is 2.67. The molecule has 1 rings (SSSR count). The first-order chi connectivity index (χ1) is 7.02. The minimum Gasteiger partial charge on any atom is -0.465 e. The smallest absolute Gasteiger partial charge is 0.343 e. The number of ether oxygens (including phenoxy) is 2. The second-order valence-corrected chi connectivity index (χ2v) is 3.01. The molecule has 0 radical (unpaired) electrons. The summed E-state index contributed by atoms with van der Waals surface area (Å²) in [4.78, 5) is 22.7. The predicted molar refractivity (Wildman–Crippen MR) is 51.1 cm³/mol. The fourth-order valence-electron chi connectivity index (χ4n) is 1.14. The van der Waals surface area contributed by atoms with Crippen molar-refractivity contribution in [3.8, 4) is 0 Å². The van der Waals surface area contributed by atoms with Crippen LogP contribution >= 0.6 is 11.6 Å². The average Bonchev–Trinajstić information content (AvgIpc) is 2.51. The molecule has 0 aliphatic carbocycles. The van der Waals surface area contributed by atoms with Crippen molar-refractivity contribution < 1.29 is 23.5 Å². The first-order valence-electron chi connectivity index (χ1n) is 3.98. The molecule has 0 saturated heterocycles. The number of methoxy groups -OCH3 is 2. The van der Waals surface area contributed by atoms with Crippen molar-refractivity contribution in [2.24, 2.45) is 0 Å². The predicted octanol–water partition coefficient (Wildman–Crippen LogP) is 1.81. The Balaban J connectivity index is 3.35. The van der Waals surface area contributed by atoms with Crippen molar-refractivity contribution in [2.75, 3.05) is 14.2 Å². The summed E-state index contributed by atoms with van der Waals surface area (Å²) in [5.41, 5.74) is -0.113. The maximum Gasteiger partial charge on any atom is 0.343 e. The van der Waals surface area contributed by atoms with Crippen LogP contribution in [-0.4, -0.2) is 26.2 Å². The molecular weight excluding hydrogens is 224 g/mol. The highest BCUT2D eigenvalue weighted by molar-refractivity contribution is 6.33. The zero-order valence-corrected chi connectivity index (χ0v) is 9.18. The molecule has 82 valence electrons. The average molecular weight is 233 g/mol. The van der Waals surface area contributed by atoms with Crippen LogP contribution in [0.2, 0.25) is 5.22 Å². The van der Waals surface area contributed by atoms with Gasteiger partial charge in [0.1, 0.15) is 16.9 Å². The largest absolute Gasteiger partial charge is 0.465 e. The van der Waals surface area contributed by atoms with E-state index >= 15 is 0 Å². The minimum absolute atomic E-state index is 0.00523. The third-order valence-corrected chi connectivity index (χ3v) is 2.09. The number of carbonyl (C=O) groups is 2.